The number of nitrogens with zero attached hydrogens (tertiary/aromatic N) is 5. The van der Waals surface area contributed by atoms with E-state index in [1.165, 1.54) is 17.5 Å². The van der Waals surface area contributed by atoms with Crippen molar-refractivity contribution < 1.29 is 0 Å². The second-order valence-electron chi connectivity index (χ2n) is 4.78. The van der Waals surface area contributed by atoms with Crippen molar-refractivity contribution in [1.82, 2.24) is 30.6 Å². The Kier molecular flexibility index (Phi) is 3.06. The minimum absolute atomic E-state index is 0.388. The molecule has 0 spiro atoms. The number of hydrogen-bond donors (Lipinski definition) is 2. The van der Waals surface area contributed by atoms with Crippen LogP contribution in [0.25, 0.3) is 5.65 Å². The van der Waals surface area contributed by atoms with Crippen LogP contribution < -0.4 is 10.6 Å². The largest absolute Gasteiger partial charge is 0.366 e. The molecule has 1 aliphatic rings. The third-order valence-corrected chi connectivity index (χ3v) is 3.49. The zero-order chi connectivity index (χ0) is 12.4. The first-order chi connectivity index (χ1) is 8.83. The summed E-state index contributed by atoms with van der Waals surface area (Å²) >= 11 is 0. The van der Waals surface area contributed by atoms with Gasteiger partial charge in [0, 0.05) is 6.04 Å². The Morgan fingerprint density at radius 2 is 2.44 bits per heavy atom. The lowest BCUT2D eigenvalue weighted by molar-refractivity contribution is 0.346. The topological polar surface area (TPSA) is 80.0 Å². The molecule has 2 aromatic rings. The van der Waals surface area contributed by atoms with E-state index in [-0.39, 0.29) is 0 Å². The molecule has 0 bridgehead atoms. The Morgan fingerprint density at radius 1 is 1.50 bits per heavy atom. The van der Waals surface area contributed by atoms with E-state index >= 15 is 0 Å². The van der Waals surface area contributed by atoms with E-state index in [0.717, 1.165) is 18.9 Å². The van der Waals surface area contributed by atoms with Crippen LogP contribution in [0.4, 0.5) is 5.82 Å². The number of piperidine rings is 1. The van der Waals surface area contributed by atoms with Crippen molar-refractivity contribution in [2.75, 3.05) is 18.4 Å². The number of anilines is 1. The Bertz CT molecular complexity index is 517. The molecular weight excluding hydrogens is 230 g/mol. The Balaban J connectivity index is 1.70. The van der Waals surface area contributed by atoms with Crippen molar-refractivity contribution in [1.29, 1.82) is 0 Å². The van der Waals surface area contributed by atoms with E-state index in [0.29, 0.717) is 17.6 Å². The quantitative estimate of drug-likeness (QED) is 0.813. The summed E-state index contributed by atoms with van der Waals surface area (Å²) in [5, 5.41) is 22.4. The zero-order valence-corrected chi connectivity index (χ0v) is 10.4. The first-order valence-corrected chi connectivity index (χ1v) is 6.35. The molecular formula is C11H17N7. The molecule has 2 unspecified atom stereocenters. The number of rotatable bonds is 3. The van der Waals surface area contributed by atoms with Crippen LogP contribution in [-0.2, 0) is 0 Å². The third kappa shape index (κ3) is 2.26. The summed E-state index contributed by atoms with van der Waals surface area (Å²) < 4.78 is 1.44. The van der Waals surface area contributed by atoms with E-state index in [4.69, 9.17) is 0 Å². The van der Waals surface area contributed by atoms with Crippen molar-refractivity contribution in [3.63, 3.8) is 0 Å². The van der Waals surface area contributed by atoms with Gasteiger partial charge in [-0.15, -0.1) is 14.8 Å². The molecule has 3 heterocycles. The molecule has 7 nitrogen and oxygen atoms in total. The molecule has 1 aliphatic heterocycles. The fraction of sp³-hybridized carbons (Fsp3) is 0.636. The number of hydrogen-bond acceptors (Lipinski definition) is 6. The normalized spacial score (nSPS) is 21.9. The molecule has 7 heteroatoms. The molecule has 2 N–H and O–H groups in total. The lowest BCUT2D eigenvalue weighted by Crippen LogP contribution is -2.39. The van der Waals surface area contributed by atoms with Crippen LogP contribution in [0.3, 0.4) is 0 Å². The number of nitrogens with one attached hydrogen (secondary N) is 2. The predicted molar refractivity (Wildman–Crippen MR) is 67.3 cm³/mol. The van der Waals surface area contributed by atoms with E-state index in [2.05, 4.69) is 38.2 Å². The van der Waals surface area contributed by atoms with Gasteiger partial charge < -0.3 is 10.6 Å². The SMILES string of the molecule is CC(Nc1ccc2nnnn2n1)C1CCCNC1. The van der Waals surface area contributed by atoms with Gasteiger partial charge in [-0.2, -0.15) is 0 Å². The molecule has 0 saturated carbocycles. The second kappa shape index (κ2) is 4.85. The molecule has 96 valence electrons. The summed E-state index contributed by atoms with van der Waals surface area (Å²) in [5.41, 5.74) is 0.660. The monoisotopic (exact) mass is 247 g/mol. The van der Waals surface area contributed by atoms with Crippen LogP contribution in [-0.4, -0.2) is 44.4 Å². The van der Waals surface area contributed by atoms with Crippen LogP contribution in [0, 0.1) is 5.92 Å². The van der Waals surface area contributed by atoms with Crippen molar-refractivity contribution >= 4 is 11.5 Å². The van der Waals surface area contributed by atoms with Gasteiger partial charge in [0.15, 0.2) is 5.65 Å². The van der Waals surface area contributed by atoms with E-state index in [9.17, 15) is 0 Å². The highest BCUT2D eigenvalue weighted by Gasteiger charge is 2.20. The Morgan fingerprint density at radius 3 is 3.28 bits per heavy atom. The maximum Gasteiger partial charge on any atom is 0.200 e. The smallest absolute Gasteiger partial charge is 0.200 e. The number of fused-ring (bicyclic) bond motifs is 1. The molecule has 0 radical (unpaired) electrons. The Labute approximate surface area is 105 Å². The molecule has 3 rings (SSSR count). The summed E-state index contributed by atoms with van der Waals surface area (Å²) in [5.74, 6) is 1.46. The molecule has 1 fully saturated rings. The molecule has 18 heavy (non-hydrogen) atoms. The summed E-state index contributed by atoms with van der Waals surface area (Å²) in [7, 11) is 0. The predicted octanol–water partition coefficient (Wildman–Crippen LogP) is 0.319. The molecule has 1 saturated heterocycles. The average Bonchev–Trinajstić information content (AvgIpc) is 2.87. The van der Waals surface area contributed by atoms with E-state index < -0.39 is 0 Å². The van der Waals surface area contributed by atoms with Gasteiger partial charge in [0.1, 0.15) is 5.82 Å². The maximum atomic E-state index is 4.32. The summed E-state index contributed by atoms with van der Waals surface area (Å²) in [6.45, 7) is 4.41. The number of tetrazole rings is 1. The average molecular weight is 247 g/mol. The number of aromatic nitrogens is 5. The van der Waals surface area contributed by atoms with E-state index in [1.54, 1.807) is 0 Å². The van der Waals surface area contributed by atoms with Gasteiger partial charge >= 0.3 is 0 Å². The van der Waals surface area contributed by atoms with E-state index in [1.807, 2.05) is 12.1 Å². The molecule has 0 aromatic carbocycles. The first-order valence-electron chi connectivity index (χ1n) is 6.35. The molecule has 0 aliphatic carbocycles. The van der Waals surface area contributed by atoms with Crippen LogP contribution in [0.1, 0.15) is 19.8 Å². The molecule has 2 aromatic heterocycles. The molecule has 0 amide bonds. The third-order valence-electron chi connectivity index (χ3n) is 3.49. The van der Waals surface area contributed by atoms with Crippen LogP contribution in [0.5, 0.6) is 0 Å². The highest BCUT2D eigenvalue weighted by Crippen LogP contribution is 2.17. The van der Waals surface area contributed by atoms with Gasteiger partial charge in [-0.05, 0) is 61.3 Å². The fourth-order valence-electron chi connectivity index (χ4n) is 2.38. The maximum absolute atomic E-state index is 4.32. The van der Waals surface area contributed by atoms with Crippen molar-refractivity contribution in [3.8, 4) is 0 Å². The summed E-state index contributed by atoms with van der Waals surface area (Å²) in [6.07, 6.45) is 2.50. The zero-order valence-electron chi connectivity index (χ0n) is 10.4. The second-order valence-corrected chi connectivity index (χ2v) is 4.78. The van der Waals surface area contributed by atoms with Gasteiger partial charge in [-0.1, -0.05) is 0 Å². The van der Waals surface area contributed by atoms with Gasteiger partial charge in [-0.25, -0.2) is 0 Å². The van der Waals surface area contributed by atoms with Gasteiger partial charge in [0.25, 0.3) is 0 Å². The van der Waals surface area contributed by atoms with Crippen molar-refractivity contribution in [3.05, 3.63) is 12.1 Å². The van der Waals surface area contributed by atoms with Gasteiger partial charge in [0.05, 0.1) is 0 Å². The van der Waals surface area contributed by atoms with Crippen LogP contribution in [0.2, 0.25) is 0 Å². The lowest BCUT2D eigenvalue weighted by Gasteiger charge is -2.29. The summed E-state index contributed by atoms with van der Waals surface area (Å²) in [4.78, 5) is 0. The van der Waals surface area contributed by atoms with Gasteiger partial charge in [0.2, 0.25) is 0 Å². The van der Waals surface area contributed by atoms with Crippen LogP contribution in [0.15, 0.2) is 12.1 Å². The first kappa shape index (κ1) is 11.3. The minimum Gasteiger partial charge on any atom is -0.366 e. The highest BCUT2D eigenvalue weighted by atomic mass is 15.6. The van der Waals surface area contributed by atoms with Crippen LogP contribution >= 0.6 is 0 Å². The fourth-order valence-corrected chi connectivity index (χ4v) is 2.38. The minimum atomic E-state index is 0.388. The van der Waals surface area contributed by atoms with Crippen molar-refractivity contribution in [2.24, 2.45) is 5.92 Å². The van der Waals surface area contributed by atoms with Gasteiger partial charge in [-0.3, -0.25) is 0 Å². The Hall–Kier alpha value is -1.76. The standard InChI is InChI=1S/C11H17N7/c1-8(9-3-2-6-12-7-9)13-10-4-5-11-14-16-17-18(11)15-10/h4-5,8-9,12H,2-3,6-7H2,1H3,(H,13,15). The molecule has 2 atom stereocenters. The van der Waals surface area contributed by atoms with Crippen molar-refractivity contribution in [2.45, 2.75) is 25.8 Å². The highest BCUT2D eigenvalue weighted by molar-refractivity contribution is 5.42. The lowest BCUT2D eigenvalue weighted by atomic mass is 9.93. The summed E-state index contributed by atoms with van der Waals surface area (Å²) in [6, 6.07) is 4.17.